The van der Waals surface area contributed by atoms with Gasteiger partial charge in [-0.3, -0.25) is 0 Å². The van der Waals surface area contributed by atoms with E-state index < -0.39 is 6.10 Å². The lowest BCUT2D eigenvalue weighted by Gasteiger charge is -2.16. The second-order valence-corrected chi connectivity index (χ2v) is 5.21. The van der Waals surface area contributed by atoms with Crippen molar-refractivity contribution >= 4 is 11.0 Å². The molecule has 4 nitrogen and oxygen atoms in total. The number of aliphatic hydroxyl groups is 1. The highest BCUT2D eigenvalue weighted by atomic mass is 16.5. The van der Waals surface area contributed by atoms with Crippen LogP contribution in [0.25, 0.3) is 11.0 Å². The third kappa shape index (κ3) is 3.74. The van der Waals surface area contributed by atoms with Crippen molar-refractivity contribution < 1.29 is 14.3 Å². The smallest absolute Gasteiger partial charge is 0.137 e. The lowest BCUT2D eigenvalue weighted by Crippen LogP contribution is -2.36. The molecule has 1 aromatic heterocycles. The van der Waals surface area contributed by atoms with Gasteiger partial charge in [0.15, 0.2) is 0 Å². The summed E-state index contributed by atoms with van der Waals surface area (Å²) in [4.78, 5) is 0. The maximum absolute atomic E-state index is 9.92. The molecule has 0 saturated heterocycles. The van der Waals surface area contributed by atoms with E-state index in [-0.39, 0.29) is 6.61 Å². The van der Waals surface area contributed by atoms with Crippen LogP contribution in [-0.2, 0) is 0 Å². The lowest BCUT2D eigenvalue weighted by atomic mass is 10.2. The molecular weight excluding hydrogens is 254 g/mol. The first-order valence-corrected chi connectivity index (χ1v) is 7.13. The van der Waals surface area contributed by atoms with Gasteiger partial charge in [0.2, 0.25) is 0 Å². The number of hydrogen-bond donors (Lipinski definition) is 2. The summed E-state index contributed by atoms with van der Waals surface area (Å²) in [5.41, 5.74) is 0.812. The molecule has 0 radical (unpaired) electrons. The average molecular weight is 277 g/mol. The minimum absolute atomic E-state index is 0.271. The molecule has 1 aromatic carbocycles. The molecule has 0 bridgehead atoms. The van der Waals surface area contributed by atoms with Crippen LogP contribution in [0.1, 0.15) is 26.0 Å². The Kier molecular flexibility index (Phi) is 5.04. The lowest BCUT2D eigenvalue weighted by molar-refractivity contribution is 0.105. The molecule has 0 aliphatic heterocycles. The summed E-state index contributed by atoms with van der Waals surface area (Å²) in [6.07, 6.45) is 0.522. The SMILES string of the molecule is CCC(C)NCC(O)COc1cccc2oc(C)cc12. The number of furan rings is 1. The molecule has 2 N–H and O–H groups in total. The van der Waals surface area contributed by atoms with Gasteiger partial charge in [-0.2, -0.15) is 0 Å². The molecule has 2 unspecified atom stereocenters. The second kappa shape index (κ2) is 6.77. The van der Waals surface area contributed by atoms with E-state index in [9.17, 15) is 5.11 Å². The van der Waals surface area contributed by atoms with Gasteiger partial charge in [-0.05, 0) is 38.5 Å². The van der Waals surface area contributed by atoms with E-state index in [1.807, 2.05) is 31.2 Å². The molecule has 0 saturated carbocycles. The monoisotopic (exact) mass is 277 g/mol. The van der Waals surface area contributed by atoms with Gasteiger partial charge in [0.05, 0.1) is 5.39 Å². The zero-order chi connectivity index (χ0) is 14.5. The van der Waals surface area contributed by atoms with E-state index in [1.54, 1.807) is 0 Å². The number of hydrogen-bond acceptors (Lipinski definition) is 4. The molecule has 1 heterocycles. The van der Waals surface area contributed by atoms with Crippen LogP contribution in [0.2, 0.25) is 0 Å². The molecule has 0 aliphatic carbocycles. The van der Waals surface area contributed by atoms with Crippen LogP contribution in [0.15, 0.2) is 28.7 Å². The Hall–Kier alpha value is -1.52. The van der Waals surface area contributed by atoms with Crippen LogP contribution in [0.5, 0.6) is 5.75 Å². The van der Waals surface area contributed by atoms with E-state index in [0.29, 0.717) is 12.6 Å². The molecule has 2 aromatic rings. The third-order valence-corrected chi connectivity index (χ3v) is 3.39. The zero-order valence-electron chi connectivity index (χ0n) is 12.3. The summed E-state index contributed by atoms with van der Waals surface area (Å²) in [5.74, 6) is 1.61. The fourth-order valence-electron chi connectivity index (χ4n) is 2.01. The summed E-state index contributed by atoms with van der Waals surface area (Å²) >= 11 is 0. The Morgan fingerprint density at radius 3 is 2.95 bits per heavy atom. The van der Waals surface area contributed by atoms with Crippen LogP contribution in [-0.4, -0.2) is 30.4 Å². The van der Waals surface area contributed by atoms with Crippen molar-refractivity contribution in [3.63, 3.8) is 0 Å². The first kappa shape index (κ1) is 14.9. The highest BCUT2D eigenvalue weighted by molar-refractivity contribution is 5.84. The highest BCUT2D eigenvalue weighted by Gasteiger charge is 2.10. The molecule has 2 atom stereocenters. The molecule has 2 rings (SSSR count). The number of ether oxygens (including phenoxy) is 1. The van der Waals surface area contributed by atoms with E-state index in [4.69, 9.17) is 9.15 Å². The Morgan fingerprint density at radius 2 is 2.20 bits per heavy atom. The maximum Gasteiger partial charge on any atom is 0.137 e. The van der Waals surface area contributed by atoms with Gasteiger partial charge in [-0.1, -0.05) is 13.0 Å². The second-order valence-electron chi connectivity index (χ2n) is 5.21. The van der Waals surface area contributed by atoms with Crippen molar-refractivity contribution in [1.29, 1.82) is 0 Å². The van der Waals surface area contributed by atoms with Crippen LogP contribution >= 0.6 is 0 Å². The van der Waals surface area contributed by atoms with Gasteiger partial charge in [-0.15, -0.1) is 0 Å². The van der Waals surface area contributed by atoms with Gasteiger partial charge in [0.1, 0.15) is 29.8 Å². The van der Waals surface area contributed by atoms with E-state index in [1.165, 1.54) is 0 Å². The Morgan fingerprint density at radius 1 is 1.40 bits per heavy atom. The molecule has 4 heteroatoms. The maximum atomic E-state index is 9.92. The van der Waals surface area contributed by atoms with E-state index >= 15 is 0 Å². The first-order valence-electron chi connectivity index (χ1n) is 7.13. The van der Waals surface area contributed by atoms with Crippen LogP contribution in [0.4, 0.5) is 0 Å². The van der Waals surface area contributed by atoms with Crippen molar-refractivity contribution in [3.8, 4) is 5.75 Å². The Labute approximate surface area is 119 Å². The predicted octanol–water partition coefficient (Wildman–Crippen LogP) is 2.87. The van der Waals surface area contributed by atoms with Gasteiger partial charge in [-0.25, -0.2) is 0 Å². The molecule has 20 heavy (non-hydrogen) atoms. The summed E-state index contributed by atoms with van der Waals surface area (Å²) < 4.78 is 11.3. The Bertz CT molecular complexity index is 550. The standard InChI is InChI=1S/C16H23NO3/c1-4-11(2)17-9-13(18)10-19-15-6-5-7-16-14(15)8-12(3)20-16/h5-8,11,13,17-18H,4,9-10H2,1-3H3. The number of rotatable bonds is 7. The number of fused-ring (bicyclic) bond motifs is 1. The summed E-state index contributed by atoms with van der Waals surface area (Å²) in [6.45, 7) is 6.93. The molecular formula is C16H23NO3. The average Bonchev–Trinajstić information content (AvgIpc) is 2.83. The fraction of sp³-hybridized carbons (Fsp3) is 0.500. The molecule has 0 fully saturated rings. The predicted molar refractivity (Wildman–Crippen MR) is 80.2 cm³/mol. The number of aryl methyl sites for hydroxylation is 1. The van der Waals surface area contributed by atoms with Crippen LogP contribution in [0, 0.1) is 6.92 Å². The highest BCUT2D eigenvalue weighted by Crippen LogP contribution is 2.28. The molecule has 0 amide bonds. The van der Waals surface area contributed by atoms with E-state index in [2.05, 4.69) is 19.2 Å². The van der Waals surface area contributed by atoms with Crippen molar-refractivity contribution in [2.24, 2.45) is 0 Å². The van der Waals surface area contributed by atoms with Gasteiger partial charge >= 0.3 is 0 Å². The van der Waals surface area contributed by atoms with E-state index in [0.717, 1.165) is 28.9 Å². The quantitative estimate of drug-likeness (QED) is 0.817. The van der Waals surface area contributed by atoms with Crippen molar-refractivity contribution in [3.05, 3.63) is 30.0 Å². The van der Waals surface area contributed by atoms with Crippen molar-refractivity contribution in [2.45, 2.75) is 39.3 Å². The minimum Gasteiger partial charge on any atom is -0.490 e. The van der Waals surface area contributed by atoms with Crippen molar-refractivity contribution in [2.75, 3.05) is 13.2 Å². The number of benzene rings is 1. The fourth-order valence-corrected chi connectivity index (χ4v) is 2.01. The van der Waals surface area contributed by atoms with Gasteiger partial charge in [0.25, 0.3) is 0 Å². The summed E-state index contributed by atoms with van der Waals surface area (Å²) in [6, 6.07) is 8.06. The summed E-state index contributed by atoms with van der Waals surface area (Å²) in [7, 11) is 0. The normalized spacial score (nSPS) is 14.4. The first-order chi connectivity index (χ1) is 9.60. The number of nitrogens with one attached hydrogen (secondary N) is 1. The molecule has 0 aliphatic rings. The van der Waals surface area contributed by atoms with Crippen LogP contribution in [0.3, 0.4) is 0 Å². The van der Waals surface area contributed by atoms with Gasteiger partial charge in [0, 0.05) is 12.6 Å². The number of aliphatic hydroxyl groups excluding tert-OH is 1. The Balaban J connectivity index is 1.92. The topological polar surface area (TPSA) is 54.6 Å². The largest absolute Gasteiger partial charge is 0.490 e. The van der Waals surface area contributed by atoms with Crippen molar-refractivity contribution in [1.82, 2.24) is 5.32 Å². The summed E-state index contributed by atoms with van der Waals surface area (Å²) in [5, 5.41) is 14.1. The van der Waals surface area contributed by atoms with Crippen LogP contribution < -0.4 is 10.1 Å². The van der Waals surface area contributed by atoms with Gasteiger partial charge < -0.3 is 19.6 Å². The third-order valence-electron chi connectivity index (χ3n) is 3.39. The molecule has 110 valence electrons. The minimum atomic E-state index is -0.521. The zero-order valence-corrected chi connectivity index (χ0v) is 12.3. The molecule has 0 spiro atoms.